The van der Waals surface area contributed by atoms with Gasteiger partial charge in [0.05, 0.1) is 11.9 Å². The number of nitrogens with one attached hydrogen (secondary N) is 1. The van der Waals surface area contributed by atoms with Crippen LogP contribution in [0, 0.1) is 0 Å². The molecule has 0 spiro atoms. The van der Waals surface area contributed by atoms with Crippen LogP contribution in [0.1, 0.15) is 25.0 Å². The van der Waals surface area contributed by atoms with E-state index in [-0.39, 0.29) is 0 Å². The molecule has 0 fully saturated rings. The van der Waals surface area contributed by atoms with E-state index in [2.05, 4.69) is 70.3 Å². The second-order valence-corrected chi connectivity index (χ2v) is 6.55. The minimum atomic E-state index is 0.497. The van der Waals surface area contributed by atoms with Crippen LogP contribution in [-0.4, -0.2) is 22.9 Å². The number of aryl methyl sites for hydroxylation is 1. The highest BCUT2D eigenvalue weighted by atomic mass is 79.9. The zero-order chi connectivity index (χ0) is 15.4. The molecule has 1 aromatic carbocycles. The van der Waals surface area contributed by atoms with Gasteiger partial charge in [-0.25, -0.2) is 0 Å². The van der Waals surface area contributed by atoms with Gasteiger partial charge in [-0.05, 0) is 33.6 Å². The minimum Gasteiger partial charge on any atom is -0.369 e. The van der Waals surface area contributed by atoms with Crippen LogP contribution in [0.2, 0.25) is 0 Å². The topological polar surface area (TPSA) is 33.1 Å². The number of hydrogen-bond acceptors (Lipinski definition) is 3. The predicted octanol–water partition coefficient (Wildman–Crippen LogP) is 3.32. The summed E-state index contributed by atoms with van der Waals surface area (Å²) in [7, 11) is 4.04. The quantitative estimate of drug-likeness (QED) is 0.867. The Labute approximate surface area is 135 Å². The molecule has 0 aliphatic carbocycles. The highest BCUT2D eigenvalue weighted by Gasteiger charge is 2.08. The summed E-state index contributed by atoms with van der Waals surface area (Å²) in [6.07, 6.45) is 3.96. The lowest BCUT2D eigenvalue weighted by Gasteiger charge is -2.21. The molecule has 4 nitrogen and oxygen atoms in total. The molecule has 1 aromatic heterocycles. The van der Waals surface area contributed by atoms with Crippen molar-refractivity contribution in [2.24, 2.45) is 7.05 Å². The van der Waals surface area contributed by atoms with E-state index < -0.39 is 0 Å². The average Bonchev–Trinajstić information content (AvgIpc) is 2.81. The molecule has 0 saturated heterocycles. The number of rotatable bonds is 6. The van der Waals surface area contributed by atoms with Gasteiger partial charge in [0.15, 0.2) is 0 Å². The Kier molecular flexibility index (Phi) is 5.42. The Morgan fingerprint density at radius 1 is 1.33 bits per heavy atom. The molecule has 2 rings (SSSR count). The molecule has 2 aromatic rings. The third-order valence-corrected chi connectivity index (χ3v) is 3.95. The zero-order valence-electron chi connectivity index (χ0n) is 13.1. The SMILES string of the molecule is CC(C)NCc1ccc(N(C)Cc2cnn(C)c2)c(Br)c1. The molecule has 0 bridgehead atoms. The maximum atomic E-state index is 4.21. The van der Waals surface area contributed by atoms with Crippen LogP contribution in [-0.2, 0) is 20.1 Å². The highest BCUT2D eigenvalue weighted by molar-refractivity contribution is 9.10. The molecular formula is C16H23BrN4. The molecule has 0 atom stereocenters. The summed E-state index contributed by atoms with van der Waals surface area (Å²) >= 11 is 3.68. The number of benzene rings is 1. The van der Waals surface area contributed by atoms with Gasteiger partial charge in [-0.2, -0.15) is 5.10 Å². The van der Waals surface area contributed by atoms with Crippen molar-refractivity contribution in [3.8, 4) is 0 Å². The van der Waals surface area contributed by atoms with Crippen LogP contribution in [0.5, 0.6) is 0 Å². The molecule has 0 saturated carbocycles. The Bertz CT molecular complexity index is 592. The lowest BCUT2D eigenvalue weighted by molar-refractivity contribution is 0.589. The van der Waals surface area contributed by atoms with Gasteiger partial charge in [0, 0.05) is 49.5 Å². The van der Waals surface area contributed by atoms with E-state index in [1.165, 1.54) is 16.8 Å². The van der Waals surface area contributed by atoms with E-state index in [9.17, 15) is 0 Å². The Hall–Kier alpha value is -1.33. The van der Waals surface area contributed by atoms with Crippen molar-refractivity contribution in [3.05, 3.63) is 46.2 Å². The van der Waals surface area contributed by atoms with Crippen molar-refractivity contribution in [1.29, 1.82) is 0 Å². The van der Waals surface area contributed by atoms with Gasteiger partial charge < -0.3 is 10.2 Å². The summed E-state index contributed by atoms with van der Waals surface area (Å²) in [5.41, 5.74) is 3.68. The van der Waals surface area contributed by atoms with E-state index in [1.54, 1.807) is 0 Å². The first-order chi connectivity index (χ1) is 9.95. The normalized spacial score (nSPS) is 11.1. The van der Waals surface area contributed by atoms with Crippen molar-refractivity contribution >= 4 is 21.6 Å². The Balaban J connectivity index is 2.05. The minimum absolute atomic E-state index is 0.497. The van der Waals surface area contributed by atoms with Crippen molar-refractivity contribution in [3.63, 3.8) is 0 Å². The largest absolute Gasteiger partial charge is 0.369 e. The fourth-order valence-electron chi connectivity index (χ4n) is 2.20. The second-order valence-electron chi connectivity index (χ2n) is 5.70. The van der Waals surface area contributed by atoms with Crippen LogP contribution >= 0.6 is 15.9 Å². The Morgan fingerprint density at radius 2 is 2.10 bits per heavy atom. The van der Waals surface area contributed by atoms with Crippen LogP contribution in [0.4, 0.5) is 5.69 Å². The van der Waals surface area contributed by atoms with Crippen LogP contribution in [0.25, 0.3) is 0 Å². The zero-order valence-corrected chi connectivity index (χ0v) is 14.7. The van der Waals surface area contributed by atoms with Crippen LogP contribution in [0.15, 0.2) is 35.1 Å². The molecule has 0 aliphatic heterocycles. The molecular weight excluding hydrogens is 328 g/mol. The second kappa shape index (κ2) is 7.09. The molecule has 0 amide bonds. The maximum absolute atomic E-state index is 4.21. The summed E-state index contributed by atoms with van der Waals surface area (Å²) in [4.78, 5) is 2.22. The first-order valence-electron chi connectivity index (χ1n) is 7.16. The van der Waals surface area contributed by atoms with E-state index in [4.69, 9.17) is 0 Å². The fourth-order valence-corrected chi connectivity index (χ4v) is 2.93. The molecule has 114 valence electrons. The fraction of sp³-hybridized carbons (Fsp3) is 0.438. The van der Waals surface area contributed by atoms with Gasteiger partial charge in [-0.3, -0.25) is 4.68 Å². The third kappa shape index (κ3) is 4.58. The molecule has 1 heterocycles. The van der Waals surface area contributed by atoms with Crippen molar-refractivity contribution in [2.75, 3.05) is 11.9 Å². The summed E-state index contributed by atoms with van der Waals surface area (Å²) in [5, 5.41) is 7.65. The third-order valence-electron chi connectivity index (χ3n) is 3.32. The van der Waals surface area contributed by atoms with Crippen molar-refractivity contribution < 1.29 is 0 Å². The van der Waals surface area contributed by atoms with Crippen LogP contribution in [0.3, 0.4) is 0 Å². The monoisotopic (exact) mass is 350 g/mol. The van der Waals surface area contributed by atoms with Gasteiger partial charge >= 0.3 is 0 Å². The number of hydrogen-bond donors (Lipinski definition) is 1. The van der Waals surface area contributed by atoms with E-state index in [0.29, 0.717) is 6.04 Å². The predicted molar refractivity (Wildman–Crippen MR) is 91.4 cm³/mol. The standard InChI is InChI=1S/C16H23BrN4/c1-12(2)18-8-13-5-6-16(15(17)7-13)20(3)10-14-9-19-21(4)11-14/h5-7,9,11-12,18H,8,10H2,1-4H3. The molecule has 21 heavy (non-hydrogen) atoms. The van der Waals surface area contributed by atoms with Crippen LogP contribution < -0.4 is 10.2 Å². The summed E-state index contributed by atoms with van der Waals surface area (Å²) in [6, 6.07) is 7.02. The molecule has 0 unspecified atom stereocenters. The molecule has 0 aliphatic rings. The first-order valence-corrected chi connectivity index (χ1v) is 7.95. The van der Waals surface area contributed by atoms with E-state index >= 15 is 0 Å². The Morgan fingerprint density at radius 3 is 2.67 bits per heavy atom. The molecule has 1 N–H and O–H groups in total. The number of aromatic nitrogens is 2. The summed E-state index contributed by atoms with van der Waals surface area (Å²) in [6.45, 7) is 6.05. The maximum Gasteiger partial charge on any atom is 0.0539 e. The van der Waals surface area contributed by atoms with Gasteiger partial charge in [-0.15, -0.1) is 0 Å². The highest BCUT2D eigenvalue weighted by Crippen LogP contribution is 2.27. The number of nitrogens with zero attached hydrogens (tertiary/aromatic N) is 3. The lowest BCUT2D eigenvalue weighted by Crippen LogP contribution is -2.22. The molecule has 0 radical (unpaired) electrons. The van der Waals surface area contributed by atoms with Crippen molar-refractivity contribution in [1.82, 2.24) is 15.1 Å². The number of halogens is 1. The average molecular weight is 351 g/mol. The van der Waals surface area contributed by atoms with Gasteiger partial charge in [0.25, 0.3) is 0 Å². The number of anilines is 1. The van der Waals surface area contributed by atoms with E-state index in [0.717, 1.165) is 17.6 Å². The summed E-state index contributed by atoms with van der Waals surface area (Å²) < 4.78 is 2.95. The van der Waals surface area contributed by atoms with E-state index in [1.807, 2.05) is 24.1 Å². The van der Waals surface area contributed by atoms with Gasteiger partial charge in [0.2, 0.25) is 0 Å². The van der Waals surface area contributed by atoms with Gasteiger partial charge in [0.1, 0.15) is 0 Å². The molecule has 5 heteroatoms. The summed E-state index contributed by atoms with van der Waals surface area (Å²) in [5.74, 6) is 0. The lowest BCUT2D eigenvalue weighted by atomic mass is 10.2. The van der Waals surface area contributed by atoms with Gasteiger partial charge in [-0.1, -0.05) is 19.9 Å². The first kappa shape index (κ1) is 16.0. The smallest absolute Gasteiger partial charge is 0.0539 e. The van der Waals surface area contributed by atoms with Crippen molar-refractivity contribution in [2.45, 2.75) is 33.0 Å².